The SMILES string of the molecule is CCN(CC)C(=O)CN(C)c1ccc([N+](=O)[O-])c2nonc12. The first kappa shape index (κ1) is 15.7. The number of anilines is 1. The number of hydrogen-bond acceptors (Lipinski definition) is 7. The molecule has 0 saturated heterocycles. The molecule has 0 aliphatic rings. The molecule has 0 spiro atoms. The molecule has 0 unspecified atom stereocenters. The number of amides is 1. The third kappa shape index (κ3) is 2.83. The Bertz CT molecular complexity index is 695. The van der Waals surface area contributed by atoms with E-state index in [2.05, 4.69) is 14.9 Å². The molecule has 0 saturated carbocycles. The Labute approximate surface area is 126 Å². The summed E-state index contributed by atoms with van der Waals surface area (Å²) in [5.74, 6) is -0.0320. The van der Waals surface area contributed by atoms with E-state index in [0.29, 0.717) is 18.8 Å². The van der Waals surface area contributed by atoms with Crippen molar-refractivity contribution in [1.82, 2.24) is 15.2 Å². The van der Waals surface area contributed by atoms with Crippen molar-refractivity contribution < 1.29 is 14.3 Å². The van der Waals surface area contributed by atoms with Crippen LogP contribution in [0.25, 0.3) is 11.0 Å². The van der Waals surface area contributed by atoms with E-state index >= 15 is 0 Å². The minimum atomic E-state index is -0.544. The molecular weight excluding hydrogens is 290 g/mol. The van der Waals surface area contributed by atoms with E-state index < -0.39 is 4.92 Å². The lowest BCUT2D eigenvalue weighted by molar-refractivity contribution is -0.383. The number of hydrogen-bond donors (Lipinski definition) is 0. The molecule has 1 amide bonds. The van der Waals surface area contributed by atoms with E-state index in [4.69, 9.17) is 0 Å². The summed E-state index contributed by atoms with van der Waals surface area (Å²) in [6, 6.07) is 2.88. The molecule has 22 heavy (non-hydrogen) atoms. The second kappa shape index (κ2) is 6.37. The van der Waals surface area contributed by atoms with Crippen LogP contribution in [0.4, 0.5) is 11.4 Å². The van der Waals surface area contributed by atoms with Gasteiger partial charge in [-0.3, -0.25) is 14.9 Å². The van der Waals surface area contributed by atoms with E-state index in [9.17, 15) is 14.9 Å². The van der Waals surface area contributed by atoms with E-state index in [1.54, 1.807) is 22.9 Å². The fourth-order valence-electron chi connectivity index (χ4n) is 2.26. The van der Waals surface area contributed by atoms with Gasteiger partial charge in [0, 0.05) is 26.2 Å². The minimum Gasteiger partial charge on any atom is -0.363 e. The molecule has 9 nitrogen and oxygen atoms in total. The van der Waals surface area contributed by atoms with E-state index in [1.165, 1.54) is 6.07 Å². The van der Waals surface area contributed by atoms with Crippen LogP contribution in [-0.2, 0) is 4.79 Å². The van der Waals surface area contributed by atoms with Crippen LogP contribution in [0.1, 0.15) is 13.8 Å². The molecule has 2 rings (SSSR count). The molecule has 0 N–H and O–H groups in total. The number of nitro groups is 1. The molecule has 118 valence electrons. The van der Waals surface area contributed by atoms with Crippen molar-refractivity contribution in [1.29, 1.82) is 0 Å². The van der Waals surface area contributed by atoms with E-state index in [-0.39, 0.29) is 29.2 Å². The van der Waals surface area contributed by atoms with Crippen molar-refractivity contribution in [2.75, 3.05) is 31.6 Å². The highest BCUT2D eigenvalue weighted by Crippen LogP contribution is 2.30. The smallest absolute Gasteiger partial charge is 0.300 e. The molecule has 0 bridgehead atoms. The molecule has 9 heteroatoms. The summed E-state index contributed by atoms with van der Waals surface area (Å²) in [5.41, 5.74) is 0.722. The Hall–Kier alpha value is -2.71. The molecule has 1 heterocycles. The molecule has 0 aliphatic carbocycles. The Morgan fingerprint density at radius 3 is 2.50 bits per heavy atom. The molecule has 1 aromatic carbocycles. The molecular formula is C13H17N5O4. The van der Waals surface area contributed by atoms with Gasteiger partial charge in [0.2, 0.25) is 11.4 Å². The van der Waals surface area contributed by atoms with Crippen molar-refractivity contribution in [2.24, 2.45) is 0 Å². The predicted molar refractivity (Wildman–Crippen MR) is 79.7 cm³/mol. The first-order valence-corrected chi connectivity index (χ1v) is 6.88. The van der Waals surface area contributed by atoms with Gasteiger partial charge in [-0.1, -0.05) is 0 Å². The minimum absolute atomic E-state index is 0.0320. The number of nitrogens with zero attached hydrogens (tertiary/aromatic N) is 5. The number of aromatic nitrogens is 2. The van der Waals surface area contributed by atoms with Crippen LogP contribution in [0.2, 0.25) is 0 Å². The average Bonchev–Trinajstić information content (AvgIpc) is 2.96. The monoisotopic (exact) mass is 307 g/mol. The van der Waals surface area contributed by atoms with Crippen molar-refractivity contribution in [3.05, 3.63) is 22.2 Å². The first-order valence-electron chi connectivity index (χ1n) is 6.88. The number of rotatable bonds is 6. The van der Waals surface area contributed by atoms with Crippen LogP contribution in [0.5, 0.6) is 0 Å². The predicted octanol–water partition coefficient (Wildman–Crippen LogP) is 1.44. The summed E-state index contributed by atoms with van der Waals surface area (Å²) < 4.78 is 4.61. The standard InChI is InChI=1S/C13H17N5O4/c1-4-17(5-2)11(19)8-16(3)9-6-7-10(18(20)21)13-12(9)14-22-15-13/h6-7H,4-5,8H2,1-3H3. The molecule has 0 fully saturated rings. The lowest BCUT2D eigenvalue weighted by atomic mass is 10.2. The number of nitro benzene ring substituents is 1. The fraction of sp³-hybridized carbons (Fsp3) is 0.462. The van der Waals surface area contributed by atoms with Crippen molar-refractivity contribution in [3.63, 3.8) is 0 Å². The lowest BCUT2D eigenvalue weighted by Gasteiger charge is -2.24. The van der Waals surface area contributed by atoms with Gasteiger partial charge in [-0.2, -0.15) is 0 Å². The van der Waals surface area contributed by atoms with Crippen molar-refractivity contribution >= 4 is 28.3 Å². The average molecular weight is 307 g/mol. The summed E-state index contributed by atoms with van der Waals surface area (Å²) >= 11 is 0. The molecule has 1 aromatic heterocycles. The van der Waals surface area contributed by atoms with E-state index in [0.717, 1.165) is 0 Å². The van der Waals surface area contributed by atoms with E-state index in [1.807, 2.05) is 13.8 Å². The van der Waals surface area contributed by atoms with Crippen LogP contribution in [-0.4, -0.2) is 52.7 Å². The summed E-state index contributed by atoms with van der Waals surface area (Å²) in [6.07, 6.45) is 0. The quantitative estimate of drug-likeness (QED) is 0.587. The Morgan fingerprint density at radius 2 is 1.91 bits per heavy atom. The zero-order valence-electron chi connectivity index (χ0n) is 12.6. The van der Waals surface area contributed by atoms with Crippen LogP contribution in [0.3, 0.4) is 0 Å². The zero-order chi connectivity index (χ0) is 16.3. The molecule has 2 aromatic rings. The number of carbonyl (C=O) groups excluding carboxylic acids is 1. The van der Waals surface area contributed by atoms with Crippen LogP contribution >= 0.6 is 0 Å². The third-order valence-corrected chi connectivity index (χ3v) is 3.47. The Kier molecular flexibility index (Phi) is 4.54. The second-order valence-electron chi connectivity index (χ2n) is 4.74. The Morgan fingerprint density at radius 1 is 1.27 bits per heavy atom. The normalized spacial score (nSPS) is 10.7. The molecule has 0 atom stereocenters. The van der Waals surface area contributed by atoms with Gasteiger partial charge in [-0.05, 0) is 30.2 Å². The largest absolute Gasteiger partial charge is 0.363 e. The van der Waals surface area contributed by atoms with Crippen LogP contribution in [0.15, 0.2) is 16.8 Å². The van der Waals surface area contributed by atoms with Gasteiger partial charge in [-0.15, -0.1) is 0 Å². The van der Waals surface area contributed by atoms with Gasteiger partial charge < -0.3 is 9.80 Å². The van der Waals surface area contributed by atoms with Gasteiger partial charge in [0.15, 0.2) is 5.52 Å². The number of non-ortho nitro benzene ring substituents is 1. The maximum absolute atomic E-state index is 12.2. The zero-order valence-corrected chi connectivity index (χ0v) is 12.6. The van der Waals surface area contributed by atoms with Gasteiger partial charge in [0.05, 0.1) is 17.2 Å². The summed E-state index contributed by atoms with van der Waals surface area (Å²) in [5, 5.41) is 18.3. The number of benzene rings is 1. The third-order valence-electron chi connectivity index (χ3n) is 3.47. The summed E-state index contributed by atoms with van der Waals surface area (Å²) in [6.45, 7) is 5.22. The van der Waals surface area contributed by atoms with Gasteiger partial charge >= 0.3 is 5.69 Å². The fourth-order valence-corrected chi connectivity index (χ4v) is 2.26. The van der Waals surface area contributed by atoms with Gasteiger partial charge in [0.25, 0.3) is 0 Å². The topological polar surface area (TPSA) is 106 Å². The Balaban J connectivity index is 2.31. The molecule has 0 radical (unpaired) electrons. The van der Waals surface area contributed by atoms with Crippen LogP contribution < -0.4 is 4.90 Å². The number of fused-ring (bicyclic) bond motifs is 1. The number of likely N-dealkylation sites (N-methyl/N-ethyl adjacent to an activating group) is 2. The van der Waals surface area contributed by atoms with Gasteiger partial charge in [-0.25, -0.2) is 4.63 Å². The highest BCUT2D eigenvalue weighted by Gasteiger charge is 2.22. The number of carbonyl (C=O) groups is 1. The highest BCUT2D eigenvalue weighted by molar-refractivity contribution is 5.95. The maximum atomic E-state index is 12.2. The van der Waals surface area contributed by atoms with Crippen LogP contribution in [0, 0.1) is 10.1 Å². The molecule has 0 aliphatic heterocycles. The highest BCUT2D eigenvalue weighted by atomic mass is 16.6. The summed E-state index contributed by atoms with van der Waals surface area (Å²) in [4.78, 5) is 26.0. The maximum Gasteiger partial charge on any atom is 0.300 e. The van der Waals surface area contributed by atoms with Crippen molar-refractivity contribution in [3.8, 4) is 0 Å². The summed E-state index contributed by atoms with van der Waals surface area (Å²) in [7, 11) is 1.72. The lowest BCUT2D eigenvalue weighted by Crippen LogP contribution is -2.38. The van der Waals surface area contributed by atoms with Gasteiger partial charge in [0.1, 0.15) is 0 Å². The second-order valence-corrected chi connectivity index (χ2v) is 4.74. The first-order chi connectivity index (χ1) is 10.5. The van der Waals surface area contributed by atoms with Crippen molar-refractivity contribution in [2.45, 2.75) is 13.8 Å².